The van der Waals surface area contributed by atoms with Crippen molar-refractivity contribution in [1.29, 1.82) is 0 Å². The summed E-state index contributed by atoms with van der Waals surface area (Å²) in [5.41, 5.74) is 1.37. The van der Waals surface area contributed by atoms with Crippen molar-refractivity contribution >= 4 is 0 Å². The Bertz CT molecular complexity index is 327. The lowest BCUT2D eigenvalue weighted by Crippen LogP contribution is -2.23. The van der Waals surface area contributed by atoms with E-state index in [9.17, 15) is 0 Å². The second-order valence-corrected chi connectivity index (χ2v) is 5.06. The van der Waals surface area contributed by atoms with Gasteiger partial charge < -0.3 is 10.1 Å². The number of hydrogen-bond donors (Lipinski definition) is 1. The van der Waals surface area contributed by atoms with Gasteiger partial charge in [0.2, 0.25) is 0 Å². The first-order valence-electron chi connectivity index (χ1n) is 6.71. The molecule has 0 amide bonds. The van der Waals surface area contributed by atoms with Crippen LogP contribution in [-0.2, 0) is 6.42 Å². The zero-order valence-electron chi connectivity index (χ0n) is 10.9. The standard InChI is InChI=1S/C15H23NO/c1-12(16-2)11-13-7-9-15(10-8-13)17-14-5-3-4-6-14/h7-10,12,14,16H,3-6,11H2,1-2H3. The smallest absolute Gasteiger partial charge is 0.119 e. The quantitative estimate of drug-likeness (QED) is 0.843. The minimum absolute atomic E-state index is 0.456. The fourth-order valence-electron chi connectivity index (χ4n) is 2.36. The second-order valence-electron chi connectivity index (χ2n) is 5.06. The third-order valence-electron chi connectivity index (χ3n) is 3.56. The van der Waals surface area contributed by atoms with E-state index in [4.69, 9.17) is 4.74 Å². The van der Waals surface area contributed by atoms with E-state index in [1.54, 1.807) is 0 Å². The molecule has 0 bridgehead atoms. The molecule has 1 N–H and O–H groups in total. The number of hydrogen-bond acceptors (Lipinski definition) is 2. The van der Waals surface area contributed by atoms with Crippen LogP contribution < -0.4 is 10.1 Å². The number of nitrogens with one attached hydrogen (secondary N) is 1. The third-order valence-corrected chi connectivity index (χ3v) is 3.56. The summed E-state index contributed by atoms with van der Waals surface area (Å²) in [5.74, 6) is 1.03. The molecule has 1 atom stereocenters. The molecule has 0 spiro atoms. The zero-order valence-corrected chi connectivity index (χ0v) is 10.9. The molecule has 1 saturated carbocycles. The summed E-state index contributed by atoms with van der Waals surface area (Å²) >= 11 is 0. The fraction of sp³-hybridized carbons (Fsp3) is 0.600. The van der Waals surface area contributed by atoms with E-state index in [1.165, 1.54) is 31.2 Å². The highest BCUT2D eigenvalue weighted by atomic mass is 16.5. The maximum atomic E-state index is 5.95. The molecule has 17 heavy (non-hydrogen) atoms. The molecular formula is C15H23NO. The minimum atomic E-state index is 0.456. The topological polar surface area (TPSA) is 21.3 Å². The van der Waals surface area contributed by atoms with E-state index in [2.05, 4.69) is 36.5 Å². The summed E-state index contributed by atoms with van der Waals surface area (Å²) < 4.78 is 5.95. The summed E-state index contributed by atoms with van der Waals surface area (Å²) in [6.07, 6.45) is 6.61. The third kappa shape index (κ3) is 3.74. The summed E-state index contributed by atoms with van der Waals surface area (Å²) in [6, 6.07) is 9.10. The summed E-state index contributed by atoms with van der Waals surface area (Å²) in [6.45, 7) is 2.20. The molecule has 1 aliphatic rings. The van der Waals surface area contributed by atoms with Gasteiger partial charge in [0.25, 0.3) is 0 Å². The highest BCUT2D eigenvalue weighted by Crippen LogP contribution is 2.24. The number of benzene rings is 1. The van der Waals surface area contributed by atoms with Gasteiger partial charge in [-0.05, 0) is 63.8 Å². The molecule has 0 saturated heterocycles. The van der Waals surface area contributed by atoms with E-state index < -0.39 is 0 Å². The lowest BCUT2D eigenvalue weighted by atomic mass is 10.1. The van der Waals surface area contributed by atoms with Crippen molar-refractivity contribution < 1.29 is 4.74 Å². The van der Waals surface area contributed by atoms with Crippen molar-refractivity contribution in [1.82, 2.24) is 5.32 Å². The van der Waals surface area contributed by atoms with Gasteiger partial charge in [0.15, 0.2) is 0 Å². The van der Waals surface area contributed by atoms with Crippen LogP contribution in [0.1, 0.15) is 38.2 Å². The Morgan fingerprint density at radius 1 is 1.24 bits per heavy atom. The molecule has 1 aromatic carbocycles. The zero-order chi connectivity index (χ0) is 12.1. The molecule has 2 rings (SSSR count). The van der Waals surface area contributed by atoms with E-state index >= 15 is 0 Å². The normalized spacial score (nSPS) is 18.2. The highest BCUT2D eigenvalue weighted by Gasteiger charge is 2.16. The maximum Gasteiger partial charge on any atom is 0.119 e. The molecule has 0 heterocycles. The van der Waals surface area contributed by atoms with Gasteiger partial charge in [-0.1, -0.05) is 12.1 Å². The Labute approximate surface area is 104 Å². The largest absolute Gasteiger partial charge is 0.490 e. The monoisotopic (exact) mass is 233 g/mol. The Morgan fingerprint density at radius 2 is 1.88 bits per heavy atom. The van der Waals surface area contributed by atoms with Crippen LogP contribution in [0.15, 0.2) is 24.3 Å². The predicted octanol–water partition coefficient (Wildman–Crippen LogP) is 3.16. The number of rotatable bonds is 5. The first-order chi connectivity index (χ1) is 8.28. The van der Waals surface area contributed by atoms with Crippen LogP contribution in [0, 0.1) is 0 Å². The average molecular weight is 233 g/mol. The SMILES string of the molecule is CNC(C)Cc1ccc(OC2CCCC2)cc1. The van der Waals surface area contributed by atoms with E-state index in [-0.39, 0.29) is 0 Å². The van der Waals surface area contributed by atoms with E-state index in [1.807, 2.05) is 7.05 Å². The lowest BCUT2D eigenvalue weighted by molar-refractivity contribution is 0.210. The first kappa shape index (κ1) is 12.4. The van der Waals surface area contributed by atoms with Crippen molar-refractivity contribution in [2.24, 2.45) is 0 Å². The maximum absolute atomic E-state index is 5.95. The van der Waals surface area contributed by atoms with Crippen molar-refractivity contribution in [3.63, 3.8) is 0 Å². The predicted molar refractivity (Wildman–Crippen MR) is 71.6 cm³/mol. The van der Waals surface area contributed by atoms with Gasteiger partial charge in [0, 0.05) is 6.04 Å². The summed E-state index contributed by atoms with van der Waals surface area (Å²) in [4.78, 5) is 0. The van der Waals surface area contributed by atoms with Crippen molar-refractivity contribution in [2.75, 3.05) is 7.05 Å². The van der Waals surface area contributed by atoms with Gasteiger partial charge >= 0.3 is 0 Å². The van der Waals surface area contributed by atoms with Crippen molar-refractivity contribution in [3.05, 3.63) is 29.8 Å². The first-order valence-corrected chi connectivity index (χ1v) is 6.71. The Kier molecular flexibility index (Phi) is 4.43. The highest BCUT2D eigenvalue weighted by molar-refractivity contribution is 5.28. The van der Waals surface area contributed by atoms with Gasteiger partial charge in [0.1, 0.15) is 5.75 Å². The average Bonchev–Trinajstić information content (AvgIpc) is 2.84. The molecule has 1 aliphatic carbocycles. The van der Waals surface area contributed by atoms with Gasteiger partial charge in [0.05, 0.1) is 6.10 Å². The molecule has 0 aliphatic heterocycles. The summed E-state index contributed by atoms with van der Waals surface area (Å²) in [5, 5.41) is 3.26. The Balaban J connectivity index is 1.88. The van der Waals surface area contributed by atoms with Crippen molar-refractivity contribution in [3.8, 4) is 5.75 Å². The van der Waals surface area contributed by atoms with Crippen LogP contribution in [0.5, 0.6) is 5.75 Å². The molecule has 0 aromatic heterocycles. The fourth-order valence-corrected chi connectivity index (χ4v) is 2.36. The summed E-state index contributed by atoms with van der Waals surface area (Å²) in [7, 11) is 2.00. The molecule has 2 nitrogen and oxygen atoms in total. The van der Waals surface area contributed by atoms with Crippen LogP contribution in [0.2, 0.25) is 0 Å². The van der Waals surface area contributed by atoms with Crippen molar-refractivity contribution in [2.45, 2.75) is 51.2 Å². The number of likely N-dealkylation sites (N-methyl/N-ethyl adjacent to an activating group) is 1. The van der Waals surface area contributed by atoms with E-state index in [0.717, 1.165) is 12.2 Å². The molecule has 94 valence electrons. The van der Waals surface area contributed by atoms with Crippen LogP contribution in [0.25, 0.3) is 0 Å². The molecule has 1 fully saturated rings. The molecule has 0 radical (unpaired) electrons. The molecule has 1 unspecified atom stereocenters. The minimum Gasteiger partial charge on any atom is -0.490 e. The van der Waals surface area contributed by atoms with Crippen LogP contribution >= 0.6 is 0 Å². The van der Waals surface area contributed by atoms with Crippen LogP contribution in [-0.4, -0.2) is 19.2 Å². The van der Waals surface area contributed by atoms with E-state index in [0.29, 0.717) is 12.1 Å². The lowest BCUT2D eigenvalue weighted by Gasteiger charge is -2.14. The van der Waals surface area contributed by atoms with Crippen LogP contribution in [0.3, 0.4) is 0 Å². The second kappa shape index (κ2) is 6.06. The molecule has 1 aromatic rings. The Morgan fingerprint density at radius 3 is 2.47 bits per heavy atom. The van der Waals surface area contributed by atoms with Gasteiger partial charge in [-0.2, -0.15) is 0 Å². The number of ether oxygens (including phenoxy) is 1. The Hall–Kier alpha value is -1.02. The molecular weight excluding hydrogens is 210 g/mol. The van der Waals surface area contributed by atoms with Gasteiger partial charge in [-0.25, -0.2) is 0 Å². The van der Waals surface area contributed by atoms with Crippen LogP contribution in [0.4, 0.5) is 0 Å². The van der Waals surface area contributed by atoms with Gasteiger partial charge in [-0.3, -0.25) is 0 Å². The van der Waals surface area contributed by atoms with Gasteiger partial charge in [-0.15, -0.1) is 0 Å². The molecule has 2 heteroatoms.